The summed E-state index contributed by atoms with van der Waals surface area (Å²) < 4.78 is 7.74. The summed E-state index contributed by atoms with van der Waals surface area (Å²) in [6, 6.07) is 19.9. The molecule has 5 aromatic rings. The molecule has 32 heavy (non-hydrogen) atoms. The zero-order chi connectivity index (χ0) is 22.2. The maximum absolute atomic E-state index is 12.4. The van der Waals surface area contributed by atoms with Crippen molar-refractivity contribution >= 4 is 50.6 Å². The van der Waals surface area contributed by atoms with Crippen molar-refractivity contribution in [1.82, 2.24) is 9.99 Å². The number of aromatic nitrogens is 1. The topological polar surface area (TPSA) is 103 Å². The van der Waals surface area contributed by atoms with Gasteiger partial charge in [-0.1, -0.05) is 24.3 Å². The lowest BCUT2D eigenvalue weighted by molar-refractivity contribution is -0.384. The van der Waals surface area contributed by atoms with Gasteiger partial charge in [-0.05, 0) is 42.8 Å². The summed E-state index contributed by atoms with van der Waals surface area (Å²) in [4.78, 5) is 22.8. The van der Waals surface area contributed by atoms with Crippen LogP contribution in [0.1, 0.15) is 23.0 Å². The van der Waals surface area contributed by atoms with E-state index in [1.165, 1.54) is 35.2 Å². The highest BCUT2D eigenvalue weighted by molar-refractivity contribution is 6.09. The molecule has 5 rings (SSSR count). The Morgan fingerprint density at radius 1 is 1.09 bits per heavy atom. The molecule has 8 nitrogen and oxygen atoms in total. The van der Waals surface area contributed by atoms with Crippen LogP contribution in [-0.2, 0) is 6.54 Å². The van der Waals surface area contributed by atoms with Gasteiger partial charge in [0.1, 0.15) is 5.58 Å². The number of aryl methyl sites for hydroxylation is 1. The fourth-order valence-corrected chi connectivity index (χ4v) is 3.97. The maximum atomic E-state index is 12.4. The van der Waals surface area contributed by atoms with Gasteiger partial charge < -0.3 is 8.98 Å². The van der Waals surface area contributed by atoms with Crippen LogP contribution in [0.3, 0.4) is 0 Å². The van der Waals surface area contributed by atoms with Gasteiger partial charge in [-0.25, -0.2) is 5.43 Å². The highest BCUT2D eigenvalue weighted by Crippen LogP contribution is 2.29. The minimum atomic E-state index is -0.538. The standard InChI is InChI=1S/C24H18N4O4/c1-2-27-20-6-4-3-5-18(20)19-11-15(7-9-21(19)27)14-25-26-24(29)23-13-16-12-17(28(30)31)8-10-22(16)32-23/h3-14H,2H2,1H3,(H,26,29)/b25-14+. The van der Waals surface area contributed by atoms with Crippen molar-refractivity contribution in [3.05, 3.63) is 88.2 Å². The highest BCUT2D eigenvalue weighted by atomic mass is 16.6. The van der Waals surface area contributed by atoms with E-state index in [0.29, 0.717) is 11.0 Å². The molecule has 2 aromatic heterocycles. The van der Waals surface area contributed by atoms with Crippen molar-refractivity contribution in [2.45, 2.75) is 13.5 Å². The van der Waals surface area contributed by atoms with Crippen LogP contribution in [-0.4, -0.2) is 21.6 Å². The number of hydrogen-bond donors (Lipinski definition) is 1. The van der Waals surface area contributed by atoms with E-state index >= 15 is 0 Å². The van der Waals surface area contributed by atoms with Crippen molar-refractivity contribution in [2.75, 3.05) is 0 Å². The van der Waals surface area contributed by atoms with Crippen LogP contribution >= 0.6 is 0 Å². The summed E-state index contributed by atoms with van der Waals surface area (Å²) in [5.41, 5.74) is 5.94. The van der Waals surface area contributed by atoms with Crippen molar-refractivity contribution in [3.63, 3.8) is 0 Å². The molecule has 8 heteroatoms. The number of amides is 1. The molecule has 0 bridgehead atoms. The first kappa shape index (κ1) is 19.5. The Morgan fingerprint density at radius 2 is 1.91 bits per heavy atom. The van der Waals surface area contributed by atoms with Gasteiger partial charge in [-0.15, -0.1) is 0 Å². The van der Waals surface area contributed by atoms with Crippen molar-refractivity contribution in [3.8, 4) is 0 Å². The number of rotatable bonds is 5. The van der Waals surface area contributed by atoms with Gasteiger partial charge in [0, 0.05) is 45.9 Å². The van der Waals surface area contributed by atoms with Crippen LogP contribution in [0.2, 0.25) is 0 Å². The van der Waals surface area contributed by atoms with Crippen LogP contribution in [0.15, 0.2) is 76.2 Å². The number of non-ortho nitro benzene ring substituents is 1. The lowest BCUT2D eigenvalue weighted by Gasteiger charge is -2.02. The number of nitro benzene ring substituents is 1. The van der Waals surface area contributed by atoms with Crippen LogP contribution < -0.4 is 5.43 Å². The van der Waals surface area contributed by atoms with Crippen molar-refractivity contribution < 1.29 is 14.1 Å². The summed E-state index contributed by atoms with van der Waals surface area (Å²) >= 11 is 0. The minimum Gasteiger partial charge on any atom is -0.451 e. The molecule has 0 spiro atoms. The third kappa shape index (κ3) is 3.27. The van der Waals surface area contributed by atoms with Gasteiger partial charge >= 0.3 is 5.91 Å². The summed E-state index contributed by atoms with van der Waals surface area (Å²) in [6.45, 7) is 2.99. The maximum Gasteiger partial charge on any atom is 0.307 e. The Bertz CT molecular complexity index is 1540. The number of hydrogen-bond acceptors (Lipinski definition) is 5. The number of carbonyl (C=O) groups is 1. The van der Waals surface area contributed by atoms with Gasteiger partial charge in [0.2, 0.25) is 0 Å². The molecular weight excluding hydrogens is 408 g/mol. The molecule has 0 atom stereocenters. The fourth-order valence-electron chi connectivity index (χ4n) is 3.97. The number of nitro groups is 1. The third-order valence-electron chi connectivity index (χ3n) is 5.43. The predicted octanol–water partition coefficient (Wildman–Crippen LogP) is 5.23. The summed E-state index contributed by atoms with van der Waals surface area (Å²) in [5.74, 6) is -0.511. The van der Waals surface area contributed by atoms with Crippen LogP contribution in [0.5, 0.6) is 0 Å². The molecule has 3 aromatic carbocycles. The first-order valence-corrected chi connectivity index (χ1v) is 10.1. The largest absolute Gasteiger partial charge is 0.451 e. The van der Waals surface area contributed by atoms with Crippen LogP contribution in [0.4, 0.5) is 5.69 Å². The zero-order valence-electron chi connectivity index (χ0n) is 17.1. The monoisotopic (exact) mass is 426 g/mol. The molecule has 0 aliphatic rings. The highest BCUT2D eigenvalue weighted by Gasteiger charge is 2.15. The molecule has 0 saturated heterocycles. The number of carbonyl (C=O) groups excluding carboxylic acids is 1. The first-order chi connectivity index (χ1) is 15.5. The van der Waals surface area contributed by atoms with Gasteiger partial charge in [0.15, 0.2) is 5.76 Å². The first-order valence-electron chi connectivity index (χ1n) is 10.1. The molecule has 0 radical (unpaired) electrons. The average Bonchev–Trinajstić information content (AvgIpc) is 3.37. The fraction of sp³-hybridized carbons (Fsp3) is 0.0833. The molecule has 1 amide bonds. The van der Waals surface area contributed by atoms with E-state index < -0.39 is 10.8 Å². The minimum absolute atomic E-state index is 0.0270. The second-order valence-corrected chi connectivity index (χ2v) is 7.33. The molecule has 158 valence electrons. The van der Waals surface area contributed by atoms with E-state index in [0.717, 1.165) is 23.0 Å². The molecule has 0 fully saturated rings. The van der Waals surface area contributed by atoms with Gasteiger partial charge in [0.05, 0.1) is 11.1 Å². The van der Waals surface area contributed by atoms with Crippen molar-refractivity contribution in [1.29, 1.82) is 0 Å². The number of nitrogens with one attached hydrogen (secondary N) is 1. The summed E-state index contributed by atoms with van der Waals surface area (Å²) in [6.07, 6.45) is 1.57. The number of para-hydroxylation sites is 1. The molecule has 1 N–H and O–H groups in total. The second-order valence-electron chi connectivity index (χ2n) is 7.33. The average molecular weight is 426 g/mol. The molecule has 2 heterocycles. The Hall–Kier alpha value is -4.46. The van der Waals surface area contributed by atoms with Crippen LogP contribution in [0.25, 0.3) is 32.8 Å². The Morgan fingerprint density at radius 3 is 2.72 bits per heavy atom. The van der Waals surface area contributed by atoms with E-state index in [-0.39, 0.29) is 11.4 Å². The lowest BCUT2D eigenvalue weighted by atomic mass is 10.1. The number of furan rings is 1. The van der Waals surface area contributed by atoms with Crippen molar-refractivity contribution in [2.24, 2.45) is 5.10 Å². The normalized spacial score (nSPS) is 11.7. The summed E-state index contributed by atoms with van der Waals surface area (Å²) in [7, 11) is 0. The molecule has 0 saturated carbocycles. The number of benzene rings is 3. The van der Waals surface area contributed by atoms with Crippen LogP contribution in [0, 0.1) is 10.1 Å². The predicted molar refractivity (Wildman–Crippen MR) is 123 cm³/mol. The second kappa shape index (κ2) is 7.66. The zero-order valence-corrected chi connectivity index (χ0v) is 17.1. The lowest BCUT2D eigenvalue weighted by Crippen LogP contribution is -2.16. The third-order valence-corrected chi connectivity index (χ3v) is 5.43. The number of fused-ring (bicyclic) bond motifs is 4. The SMILES string of the molecule is CCn1c2ccccc2c2cc(/C=N/NC(=O)c3cc4cc([N+](=O)[O-])ccc4o3)ccc21. The van der Waals surface area contributed by atoms with Gasteiger partial charge in [-0.3, -0.25) is 14.9 Å². The number of hydrazone groups is 1. The Labute approximate surface area is 181 Å². The van der Waals surface area contributed by atoms with E-state index in [4.69, 9.17) is 4.42 Å². The Balaban J connectivity index is 1.38. The Kier molecular flexibility index (Phi) is 4.67. The smallest absolute Gasteiger partial charge is 0.307 e. The molecule has 0 aliphatic heterocycles. The van der Waals surface area contributed by atoms with E-state index in [2.05, 4.69) is 34.2 Å². The van der Waals surface area contributed by atoms with E-state index in [9.17, 15) is 14.9 Å². The molecule has 0 aliphatic carbocycles. The van der Waals surface area contributed by atoms with Gasteiger partial charge in [-0.2, -0.15) is 5.10 Å². The number of nitrogens with zero attached hydrogens (tertiary/aromatic N) is 3. The summed E-state index contributed by atoms with van der Waals surface area (Å²) in [5, 5.41) is 17.7. The molecule has 0 unspecified atom stereocenters. The molecular formula is C24H18N4O4. The van der Waals surface area contributed by atoms with E-state index in [1.807, 2.05) is 30.3 Å². The van der Waals surface area contributed by atoms with E-state index in [1.54, 1.807) is 6.21 Å². The quantitative estimate of drug-likeness (QED) is 0.236. The van der Waals surface area contributed by atoms with Gasteiger partial charge in [0.25, 0.3) is 5.69 Å².